The second kappa shape index (κ2) is 5.97. The van der Waals surface area contributed by atoms with Crippen molar-refractivity contribution in [1.82, 2.24) is 0 Å². The van der Waals surface area contributed by atoms with Crippen LogP contribution in [0.5, 0.6) is 0 Å². The Balaban J connectivity index is 4.73. The Bertz CT molecular complexity index is 280. The first-order valence-corrected chi connectivity index (χ1v) is 5.17. The molecule has 0 aliphatic rings. The Hall–Kier alpha value is -1.14. The Labute approximate surface area is 101 Å². The van der Waals surface area contributed by atoms with Crippen LogP contribution in [0.25, 0.3) is 0 Å². The third-order valence-electron chi connectivity index (χ3n) is 1.80. The molecule has 0 N–H and O–H groups in total. The van der Waals surface area contributed by atoms with Crippen molar-refractivity contribution in [3.8, 4) is 0 Å². The molecule has 6 nitrogen and oxygen atoms in total. The molecule has 100 valence electrons. The summed E-state index contributed by atoms with van der Waals surface area (Å²) in [6.45, 7) is 6.66. The molecule has 0 saturated carbocycles. The number of methoxy groups -OCH3 is 2. The molecule has 0 aliphatic carbocycles. The van der Waals surface area contributed by atoms with E-state index in [9.17, 15) is 9.59 Å². The van der Waals surface area contributed by atoms with Crippen LogP contribution in [-0.2, 0) is 28.8 Å². The van der Waals surface area contributed by atoms with Crippen LogP contribution in [0.15, 0.2) is 0 Å². The summed E-state index contributed by atoms with van der Waals surface area (Å²) in [4.78, 5) is 32.9. The van der Waals surface area contributed by atoms with Crippen LogP contribution >= 0.6 is 0 Å². The number of hydrogen-bond acceptors (Lipinski definition) is 6. The Morgan fingerprint density at radius 2 is 1.47 bits per heavy atom. The highest BCUT2D eigenvalue weighted by Gasteiger charge is 2.41. The molecule has 0 aliphatic heterocycles. The molecule has 1 atom stereocenters. The van der Waals surface area contributed by atoms with Gasteiger partial charge in [-0.25, -0.2) is 14.6 Å². The van der Waals surface area contributed by atoms with Crippen LogP contribution in [0.2, 0.25) is 0 Å². The number of esters is 2. The molecule has 0 aromatic heterocycles. The molecule has 0 rings (SSSR count). The minimum Gasteiger partial charge on any atom is -0.469 e. The zero-order chi connectivity index (χ0) is 13.7. The van der Waals surface area contributed by atoms with E-state index >= 15 is 0 Å². The minimum atomic E-state index is -1.52. The lowest BCUT2D eigenvalue weighted by molar-refractivity contribution is -0.393. The summed E-state index contributed by atoms with van der Waals surface area (Å²) in [7, 11) is 2.43. The van der Waals surface area contributed by atoms with Crippen molar-refractivity contribution in [2.45, 2.75) is 45.3 Å². The van der Waals surface area contributed by atoms with Gasteiger partial charge in [-0.1, -0.05) is 0 Å². The third kappa shape index (κ3) is 5.65. The van der Waals surface area contributed by atoms with Gasteiger partial charge < -0.3 is 9.47 Å². The van der Waals surface area contributed by atoms with E-state index in [2.05, 4.69) is 9.47 Å². The smallest absolute Gasteiger partial charge is 0.341 e. The van der Waals surface area contributed by atoms with Crippen LogP contribution in [-0.4, -0.2) is 37.4 Å². The number of rotatable bonds is 5. The van der Waals surface area contributed by atoms with Crippen molar-refractivity contribution >= 4 is 11.9 Å². The molecule has 0 aromatic rings. The minimum absolute atomic E-state index is 0.285. The van der Waals surface area contributed by atoms with E-state index in [1.165, 1.54) is 21.1 Å². The first-order valence-electron chi connectivity index (χ1n) is 5.17. The van der Waals surface area contributed by atoms with Crippen molar-refractivity contribution in [3.05, 3.63) is 0 Å². The Morgan fingerprint density at radius 1 is 0.941 bits per heavy atom. The Kier molecular flexibility index (Phi) is 5.57. The first-order chi connectivity index (χ1) is 7.64. The maximum Gasteiger partial charge on any atom is 0.341 e. The van der Waals surface area contributed by atoms with E-state index in [-0.39, 0.29) is 6.42 Å². The lowest BCUT2D eigenvalue weighted by Gasteiger charge is -2.28. The Morgan fingerprint density at radius 3 is 1.82 bits per heavy atom. The third-order valence-corrected chi connectivity index (χ3v) is 1.80. The maximum absolute atomic E-state index is 11.6. The zero-order valence-electron chi connectivity index (χ0n) is 11.2. The summed E-state index contributed by atoms with van der Waals surface area (Å²) in [6.07, 6.45) is -0.285. The van der Waals surface area contributed by atoms with Crippen LogP contribution in [0.1, 0.15) is 34.1 Å². The molecule has 0 fully saturated rings. The fourth-order valence-electron chi connectivity index (χ4n) is 0.916. The second-order valence-corrected chi connectivity index (χ2v) is 4.75. The molecule has 17 heavy (non-hydrogen) atoms. The van der Waals surface area contributed by atoms with Crippen LogP contribution in [0.3, 0.4) is 0 Å². The zero-order valence-corrected chi connectivity index (χ0v) is 11.2. The van der Waals surface area contributed by atoms with Gasteiger partial charge in [0.1, 0.15) is 0 Å². The molecule has 0 heterocycles. The predicted octanol–water partition coefficient (Wildman–Crippen LogP) is 1.23. The first kappa shape index (κ1) is 15.9. The maximum atomic E-state index is 11.6. The average molecular weight is 248 g/mol. The predicted molar refractivity (Wildman–Crippen MR) is 59.0 cm³/mol. The topological polar surface area (TPSA) is 71.1 Å². The van der Waals surface area contributed by atoms with Gasteiger partial charge in [-0.3, -0.25) is 4.79 Å². The van der Waals surface area contributed by atoms with E-state index < -0.39 is 23.1 Å². The van der Waals surface area contributed by atoms with E-state index in [1.54, 1.807) is 20.8 Å². The van der Waals surface area contributed by atoms with Crippen LogP contribution < -0.4 is 0 Å². The summed E-state index contributed by atoms with van der Waals surface area (Å²) < 4.78 is 9.06. The van der Waals surface area contributed by atoms with Gasteiger partial charge in [0.25, 0.3) is 0 Å². The lowest BCUT2D eigenvalue weighted by atomic mass is 10.0. The molecule has 0 aromatic carbocycles. The van der Waals surface area contributed by atoms with Gasteiger partial charge in [0.15, 0.2) is 0 Å². The SMILES string of the molecule is COC(=O)CC(C)(OOC(C)(C)C)C(=O)OC. The molecule has 0 spiro atoms. The molecule has 0 radical (unpaired) electrons. The van der Waals surface area contributed by atoms with Crippen LogP contribution in [0.4, 0.5) is 0 Å². The molecule has 0 saturated heterocycles. The number of carbonyl (C=O) groups is 2. The number of ether oxygens (including phenoxy) is 2. The highest BCUT2D eigenvalue weighted by Crippen LogP contribution is 2.22. The van der Waals surface area contributed by atoms with Gasteiger partial charge in [-0.15, -0.1) is 0 Å². The average Bonchev–Trinajstić information content (AvgIpc) is 2.24. The van der Waals surface area contributed by atoms with Gasteiger partial charge >= 0.3 is 11.9 Å². The van der Waals surface area contributed by atoms with Crippen molar-refractivity contribution in [2.75, 3.05) is 14.2 Å². The molecule has 6 heteroatoms. The summed E-state index contributed by atoms with van der Waals surface area (Å²) in [5.74, 6) is -1.29. The van der Waals surface area contributed by atoms with Gasteiger partial charge in [-0.05, 0) is 27.7 Å². The number of hydrogen-bond donors (Lipinski definition) is 0. The second-order valence-electron chi connectivity index (χ2n) is 4.75. The van der Waals surface area contributed by atoms with E-state index in [1.807, 2.05) is 0 Å². The normalized spacial score (nSPS) is 14.9. The summed E-state index contributed by atoms with van der Waals surface area (Å²) in [6, 6.07) is 0. The molecule has 0 amide bonds. The van der Waals surface area contributed by atoms with E-state index in [0.29, 0.717) is 0 Å². The van der Waals surface area contributed by atoms with E-state index in [0.717, 1.165) is 0 Å². The van der Waals surface area contributed by atoms with Gasteiger partial charge in [-0.2, -0.15) is 0 Å². The van der Waals surface area contributed by atoms with Crippen LogP contribution in [0, 0.1) is 0 Å². The summed E-state index contributed by atoms with van der Waals surface area (Å²) >= 11 is 0. The monoisotopic (exact) mass is 248 g/mol. The van der Waals surface area contributed by atoms with Crippen molar-refractivity contribution < 1.29 is 28.8 Å². The summed E-state index contributed by atoms with van der Waals surface area (Å²) in [5.41, 5.74) is -2.12. The molecule has 0 bridgehead atoms. The summed E-state index contributed by atoms with van der Waals surface area (Å²) in [5, 5.41) is 0. The van der Waals surface area contributed by atoms with Gasteiger partial charge in [0.2, 0.25) is 5.60 Å². The quantitative estimate of drug-likeness (QED) is 0.414. The molecular formula is C11H20O6. The van der Waals surface area contributed by atoms with Gasteiger partial charge in [0, 0.05) is 0 Å². The highest BCUT2D eigenvalue weighted by atomic mass is 17.2. The van der Waals surface area contributed by atoms with Crippen molar-refractivity contribution in [2.24, 2.45) is 0 Å². The number of carbonyl (C=O) groups excluding carboxylic acids is 2. The van der Waals surface area contributed by atoms with Crippen molar-refractivity contribution in [1.29, 1.82) is 0 Å². The molecule has 1 unspecified atom stereocenters. The highest BCUT2D eigenvalue weighted by molar-refractivity contribution is 5.85. The lowest BCUT2D eigenvalue weighted by Crippen LogP contribution is -2.43. The fourth-order valence-corrected chi connectivity index (χ4v) is 0.916. The fraction of sp³-hybridized carbons (Fsp3) is 0.818. The van der Waals surface area contributed by atoms with E-state index in [4.69, 9.17) is 9.78 Å². The molecular weight excluding hydrogens is 228 g/mol. The van der Waals surface area contributed by atoms with Crippen molar-refractivity contribution in [3.63, 3.8) is 0 Å². The standard InChI is InChI=1S/C11H20O6/c1-10(2,3)16-17-11(4,9(13)15-6)7-8(12)14-5/h7H2,1-6H3. The largest absolute Gasteiger partial charge is 0.469 e. The van der Waals surface area contributed by atoms with Gasteiger partial charge in [0.05, 0.1) is 26.2 Å².